The SMILES string of the molecule is CC(C)(C)N([C@@H](CCC(N)=O)C(=O)O)C(C)(C)C.Cl. The molecule has 0 aromatic rings. The lowest BCUT2D eigenvalue weighted by Crippen LogP contribution is -2.60. The zero-order chi connectivity index (χ0) is 14.7. The van der Waals surface area contributed by atoms with E-state index in [4.69, 9.17) is 5.73 Å². The van der Waals surface area contributed by atoms with Crippen LogP contribution >= 0.6 is 12.4 Å². The Kier molecular flexibility index (Phi) is 7.66. The summed E-state index contributed by atoms with van der Waals surface area (Å²) in [6, 6.07) is -0.711. The topological polar surface area (TPSA) is 83.6 Å². The van der Waals surface area contributed by atoms with Crippen LogP contribution in [0.1, 0.15) is 54.4 Å². The molecule has 0 rings (SSSR count). The number of nitrogens with two attached hydrogens (primary N) is 1. The highest BCUT2D eigenvalue weighted by atomic mass is 35.5. The molecule has 0 fully saturated rings. The molecule has 0 unspecified atom stereocenters. The number of primary amides is 1. The largest absolute Gasteiger partial charge is 0.480 e. The second-order valence-electron chi connectivity index (χ2n) is 6.57. The molecular weight excluding hydrogens is 268 g/mol. The molecule has 0 radical (unpaired) electrons. The molecular formula is C13H27ClN2O3. The lowest BCUT2D eigenvalue weighted by Gasteiger charge is -2.48. The van der Waals surface area contributed by atoms with Crippen LogP contribution in [0.25, 0.3) is 0 Å². The molecule has 0 spiro atoms. The molecule has 0 bridgehead atoms. The maximum Gasteiger partial charge on any atom is 0.320 e. The van der Waals surface area contributed by atoms with Crippen molar-refractivity contribution in [2.75, 3.05) is 0 Å². The first-order valence-electron chi connectivity index (χ1n) is 6.18. The average molecular weight is 295 g/mol. The number of amides is 1. The Morgan fingerprint density at radius 2 is 1.47 bits per heavy atom. The highest BCUT2D eigenvalue weighted by Crippen LogP contribution is 2.29. The summed E-state index contributed by atoms with van der Waals surface area (Å²) in [6.07, 6.45) is 0.318. The number of aliphatic carboxylic acids is 1. The Balaban J connectivity index is 0. The normalized spacial score (nSPS) is 13.8. The molecule has 5 nitrogen and oxygen atoms in total. The lowest BCUT2D eigenvalue weighted by molar-refractivity contribution is -0.150. The summed E-state index contributed by atoms with van der Waals surface area (Å²) < 4.78 is 0. The van der Waals surface area contributed by atoms with Crippen molar-refractivity contribution in [1.29, 1.82) is 0 Å². The fourth-order valence-corrected chi connectivity index (χ4v) is 2.58. The Bertz CT molecular complexity index is 305. The molecule has 6 heteroatoms. The van der Waals surface area contributed by atoms with Gasteiger partial charge < -0.3 is 10.8 Å². The van der Waals surface area contributed by atoms with Crippen molar-refractivity contribution >= 4 is 24.3 Å². The summed E-state index contributed by atoms with van der Waals surface area (Å²) in [4.78, 5) is 24.2. The third kappa shape index (κ3) is 6.78. The molecule has 1 atom stereocenters. The number of nitrogens with zero attached hydrogens (tertiary/aromatic N) is 1. The van der Waals surface area contributed by atoms with Crippen LogP contribution in [-0.2, 0) is 9.59 Å². The number of carbonyl (C=O) groups excluding carboxylic acids is 1. The number of carboxylic acids is 1. The summed E-state index contributed by atoms with van der Waals surface area (Å²) in [7, 11) is 0. The van der Waals surface area contributed by atoms with E-state index >= 15 is 0 Å². The van der Waals surface area contributed by atoms with E-state index in [1.807, 2.05) is 46.4 Å². The van der Waals surface area contributed by atoms with E-state index in [2.05, 4.69) is 0 Å². The Morgan fingerprint density at radius 3 is 1.68 bits per heavy atom. The Morgan fingerprint density at radius 1 is 1.11 bits per heavy atom. The fourth-order valence-electron chi connectivity index (χ4n) is 2.58. The van der Waals surface area contributed by atoms with Crippen LogP contribution in [0.4, 0.5) is 0 Å². The van der Waals surface area contributed by atoms with Crippen molar-refractivity contribution < 1.29 is 14.7 Å². The van der Waals surface area contributed by atoms with Gasteiger partial charge in [0, 0.05) is 17.5 Å². The zero-order valence-corrected chi connectivity index (χ0v) is 13.5. The summed E-state index contributed by atoms with van der Waals surface area (Å²) in [6.45, 7) is 11.8. The van der Waals surface area contributed by atoms with E-state index in [0.29, 0.717) is 0 Å². The number of hydrogen-bond acceptors (Lipinski definition) is 3. The summed E-state index contributed by atoms with van der Waals surface area (Å²) in [5.74, 6) is -1.38. The van der Waals surface area contributed by atoms with Gasteiger partial charge in [0.25, 0.3) is 0 Å². The lowest BCUT2D eigenvalue weighted by atomic mass is 9.91. The van der Waals surface area contributed by atoms with Crippen molar-refractivity contribution in [2.24, 2.45) is 5.73 Å². The van der Waals surface area contributed by atoms with Gasteiger partial charge in [-0.25, -0.2) is 0 Å². The quantitative estimate of drug-likeness (QED) is 0.812. The number of carbonyl (C=O) groups is 2. The smallest absolute Gasteiger partial charge is 0.320 e. The summed E-state index contributed by atoms with van der Waals surface area (Å²) in [5, 5.41) is 9.39. The first kappa shape index (κ1) is 20.5. The Hall–Kier alpha value is -0.810. The molecule has 0 saturated carbocycles. The molecule has 0 heterocycles. The Labute approximate surface area is 121 Å². The van der Waals surface area contributed by atoms with Crippen LogP contribution in [0.2, 0.25) is 0 Å². The van der Waals surface area contributed by atoms with Crippen LogP contribution in [0, 0.1) is 0 Å². The maximum absolute atomic E-state index is 11.5. The molecule has 0 saturated heterocycles. The number of hydrogen-bond donors (Lipinski definition) is 2. The molecule has 0 aromatic carbocycles. The third-order valence-electron chi connectivity index (χ3n) is 2.71. The number of rotatable bonds is 5. The molecule has 0 aliphatic heterocycles. The van der Waals surface area contributed by atoms with Gasteiger partial charge >= 0.3 is 5.97 Å². The highest BCUT2D eigenvalue weighted by molar-refractivity contribution is 5.85. The van der Waals surface area contributed by atoms with Gasteiger partial charge in [0.15, 0.2) is 0 Å². The van der Waals surface area contributed by atoms with Crippen molar-refractivity contribution in [2.45, 2.75) is 71.5 Å². The van der Waals surface area contributed by atoms with Gasteiger partial charge in [0.05, 0.1) is 0 Å². The van der Waals surface area contributed by atoms with Crippen molar-refractivity contribution in [1.82, 2.24) is 4.90 Å². The van der Waals surface area contributed by atoms with E-state index in [1.54, 1.807) is 0 Å². The van der Waals surface area contributed by atoms with Crippen LogP contribution in [0.15, 0.2) is 0 Å². The minimum Gasteiger partial charge on any atom is -0.480 e. The summed E-state index contributed by atoms with van der Waals surface area (Å²) in [5.41, 5.74) is 4.50. The highest BCUT2D eigenvalue weighted by Gasteiger charge is 2.40. The van der Waals surface area contributed by atoms with Gasteiger partial charge in [-0.3, -0.25) is 14.5 Å². The molecule has 19 heavy (non-hydrogen) atoms. The van der Waals surface area contributed by atoms with Crippen molar-refractivity contribution in [3.05, 3.63) is 0 Å². The maximum atomic E-state index is 11.5. The molecule has 1 amide bonds. The van der Waals surface area contributed by atoms with Crippen LogP contribution in [0.3, 0.4) is 0 Å². The van der Waals surface area contributed by atoms with Crippen molar-refractivity contribution in [3.63, 3.8) is 0 Å². The predicted octanol–water partition coefficient (Wildman–Crippen LogP) is 2.03. The second kappa shape index (κ2) is 7.10. The van der Waals surface area contributed by atoms with E-state index in [9.17, 15) is 14.7 Å². The number of carboxylic acid groups (broad SMARTS) is 1. The molecule has 3 N–H and O–H groups in total. The van der Waals surface area contributed by atoms with E-state index < -0.39 is 17.9 Å². The zero-order valence-electron chi connectivity index (χ0n) is 12.7. The first-order chi connectivity index (χ1) is 7.87. The molecule has 0 aliphatic rings. The fraction of sp³-hybridized carbons (Fsp3) is 0.846. The van der Waals surface area contributed by atoms with Gasteiger partial charge in [-0.05, 0) is 48.0 Å². The minimum absolute atomic E-state index is 0. The van der Waals surface area contributed by atoms with E-state index in [1.165, 1.54) is 0 Å². The summed E-state index contributed by atoms with van der Waals surface area (Å²) >= 11 is 0. The number of halogens is 1. The van der Waals surface area contributed by atoms with Crippen molar-refractivity contribution in [3.8, 4) is 0 Å². The van der Waals surface area contributed by atoms with Gasteiger partial charge in [-0.1, -0.05) is 0 Å². The monoisotopic (exact) mass is 294 g/mol. The minimum atomic E-state index is -0.916. The van der Waals surface area contributed by atoms with E-state index in [-0.39, 0.29) is 36.3 Å². The average Bonchev–Trinajstić information content (AvgIpc) is 2.06. The third-order valence-corrected chi connectivity index (χ3v) is 2.71. The van der Waals surface area contributed by atoms with Gasteiger partial charge in [-0.2, -0.15) is 0 Å². The van der Waals surface area contributed by atoms with Gasteiger partial charge in [0.2, 0.25) is 5.91 Å². The van der Waals surface area contributed by atoms with Gasteiger partial charge in [-0.15, -0.1) is 12.4 Å². The van der Waals surface area contributed by atoms with E-state index in [0.717, 1.165) is 0 Å². The van der Waals surface area contributed by atoms with Crippen LogP contribution in [-0.4, -0.2) is 39.0 Å². The molecule has 114 valence electrons. The van der Waals surface area contributed by atoms with Crippen LogP contribution < -0.4 is 5.73 Å². The van der Waals surface area contributed by atoms with Crippen LogP contribution in [0.5, 0.6) is 0 Å². The molecule has 0 aliphatic carbocycles. The standard InChI is InChI=1S/C13H26N2O3.ClH/c1-12(2,3)15(13(4,5)6)9(11(17)18)7-8-10(14)16;/h9H,7-8H2,1-6H3,(H2,14,16)(H,17,18);1H/t9-;/m0./s1. The first-order valence-corrected chi connectivity index (χ1v) is 6.18. The molecule has 0 aromatic heterocycles. The van der Waals surface area contributed by atoms with Gasteiger partial charge in [0.1, 0.15) is 6.04 Å². The second-order valence-corrected chi connectivity index (χ2v) is 6.57. The predicted molar refractivity (Wildman–Crippen MR) is 78.4 cm³/mol.